The summed E-state index contributed by atoms with van der Waals surface area (Å²) in [5.41, 5.74) is 2.31. The molecule has 1 aromatic carbocycles. The highest BCUT2D eigenvalue weighted by Gasteiger charge is 2.07. The van der Waals surface area contributed by atoms with Gasteiger partial charge in [-0.25, -0.2) is 0 Å². The van der Waals surface area contributed by atoms with E-state index in [0.717, 1.165) is 11.4 Å². The number of amides is 1. The smallest absolute Gasteiger partial charge is 0.251 e. The van der Waals surface area contributed by atoms with Gasteiger partial charge in [0.15, 0.2) is 0 Å². The molecule has 3 aromatic rings. The van der Waals surface area contributed by atoms with E-state index in [-0.39, 0.29) is 5.91 Å². The van der Waals surface area contributed by atoms with Crippen LogP contribution in [0.2, 0.25) is 0 Å². The summed E-state index contributed by atoms with van der Waals surface area (Å²) in [5.74, 6) is 0.573. The van der Waals surface area contributed by atoms with Gasteiger partial charge in [0.1, 0.15) is 18.1 Å². The summed E-state index contributed by atoms with van der Waals surface area (Å²) in [6.45, 7) is 3.44. The number of hydrogen-bond acceptors (Lipinski definition) is 6. The first-order valence-electron chi connectivity index (χ1n) is 7.49. The number of nitrogens with zero attached hydrogens (tertiary/aromatic N) is 4. The third-order valence-corrected chi connectivity index (χ3v) is 4.08. The van der Waals surface area contributed by atoms with E-state index < -0.39 is 0 Å². The zero-order valence-corrected chi connectivity index (χ0v) is 14.0. The molecule has 0 radical (unpaired) electrons. The third kappa shape index (κ3) is 4.17. The highest BCUT2D eigenvalue weighted by molar-refractivity contribution is 6.99. The van der Waals surface area contributed by atoms with Crippen molar-refractivity contribution in [3.8, 4) is 5.75 Å². The van der Waals surface area contributed by atoms with Crippen molar-refractivity contribution in [2.45, 2.75) is 20.1 Å². The monoisotopic (exact) mass is 343 g/mol. The quantitative estimate of drug-likeness (QED) is 0.710. The summed E-state index contributed by atoms with van der Waals surface area (Å²) in [4.78, 5) is 12.1. The summed E-state index contributed by atoms with van der Waals surface area (Å²) in [6.07, 6.45) is 3.57. The minimum absolute atomic E-state index is 0.117. The van der Waals surface area contributed by atoms with Gasteiger partial charge in [0, 0.05) is 24.5 Å². The van der Waals surface area contributed by atoms with Gasteiger partial charge in [-0.15, -0.1) is 0 Å². The molecule has 0 saturated heterocycles. The largest absolute Gasteiger partial charge is 0.487 e. The van der Waals surface area contributed by atoms with E-state index in [1.54, 1.807) is 35.1 Å². The van der Waals surface area contributed by atoms with Crippen LogP contribution in [0.25, 0.3) is 0 Å². The minimum atomic E-state index is -0.117. The van der Waals surface area contributed by atoms with Gasteiger partial charge in [-0.05, 0) is 37.3 Å². The van der Waals surface area contributed by atoms with Crippen molar-refractivity contribution in [2.75, 3.05) is 6.54 Å². The van der Waals surface area contributed by atoms with Gasteiger partial charge in [0.05, 0.1) is 24.0 Å². The Bertz CT molecular complexity index is 783. The van der Waals surface area contributed by atoms with Crippen LogP contribution in [0.4, 0.5) is 0 Å². The number of aryl methyl sites for hydroxylation is 1. The molecule has 0 aliphatic heterocycles. The fourth-order valence-corrected chi connectivity index (χ4v) is 2.61. The zero-order chi connectivity index (χ0) is 16.8. The molecule has 0 atom stereocenters. The molecule has 2 heterocycles. The number of nitrogens with one attached hydrogen (secondary N) is 1. The molecule has 124 valence electrons. The van der Waals surface area contributed by atoms with Gasteiger partial charge in [-0.1, -0.05) is 0 Å². The fourth-order valence-electron chi connectivity index (χ4n) is 2.05. The Balaban J connectivity index is 1.48. The summed E-state index contributed by atoms with van der Waals surface area (Å²) in [6, 6.07) is 8.88. The van der Waals surface area contributed by atoms with Crippen LogP contribution in [-0.4, -0.2) is 31.0 Å². The van der Waals surface area contributed by atoms with Crippen molar-refractivity contribution in [3.05, 3.63) is 59.7 Å². The van der Waals surface area contributed by atoms with Crippen molar-refractivity contribution < 1.29 is 9.53 Å². The lowest BCUT2D eigenvalue weighted by molar-refractivity contribution is 0.0952. The number of benzene rings is 1. The Morgan fingerprint density at radius 3 is 2.79 bits per heavy atom. The van der Waals surface area contributed by atoms with Crippen molar-refractivity contribution in [2.24, 2.45) is 0 Å². The van der Waals surface area contributed by atoms with Gasteiger partial charge < -0.3 is 10.1 Å². The second-order valence-electron chi connectivity index (χ2n) is 5.13. The molecular formula is C16H17N5O2S. The normalized spacial score (nSPS) is 10.5. The minimum Gasteiger partial charge on any atom is -0.487 e. The highest BCUT2D eigenvalue weighted by Crippen LogP contribution is 2.15. The van der Waals surface area contributed by atoms with Crippen LogP contribution in [0.5, 0.6) is 5.75 Å². The second-order valence-corrected chi connectivity index (χ2v) is 5.66. The molecule has 8 heteroatoms. The maximum Gasteiger partial charge on any atom is 0.251 e. The van der Waals surface area contributed by atoms with Crippen LogP contribution in [0.3, 0.4) is 0 Å². The molecule has 0 saturated carbocycles. The van der Waals surface area contributed by atoms with Gasteiger partial charge >= 0.3 is 0 Å². The van der Waals surface area contributed by atoms with Crippen LogP contribution in [0.1, 0.15) is 21.7 Å². The van der Waals surface area contributed by atoms with Gasteiger partial charge in [0.25, 0.3) is 5.91 Å². The molecule has 1 N–H and O–H groups in total. The van der Waals surface area contributed by atoms with Crippen LogP contribution in [-0.2, 0) is 13.2 Å². The van der Waals surface area contributed by atoms with Crippen LogP contribution in [0.15, 0.2) is 42.7 Å². The Kier molecular flexibility index (Phi) is 5.17. The second kappa shape index (κ2) is 7.69. The molecule has 1 amide bonds. The molecule has 0 aliphatic carbocycles. The molecule has 0 aliphatic rings. The lowest BCUT2D eigenvalue weighted by Crippen LogP contribution is -2.27. The maximum atomic E-state index is 12.1. The predicted octanol–water partition coefficient (Wildman–Crippen LogP) is 2.05. The molecule has 0 unspecified atom stereocenters. The van der Waals surface area contributed by atoms with Crippen LogP contribution in [0, 0.1) is 6.92 Å². The lowest BCUT2D eigenvalue weighted by atomic mass is 10.2. The van der Waals surface area contributed by atoms with Crippen molar-refractivity contribution in [1.82, 2.24) is 23.8 Å². The molecule has 3 rings (SSSR count). The Hall–Kier alpha value is -2.74. The third-order valence-electron chi connectivity index (χ3n) is 3.42. The Morgan fingerprint density at radius 1 is 1.29 bits per heavy atom. The van der Waals surface area contributed by atoms with Crippen LogP contribution >= 0.6 is 11.7 Å². The predicted molar refractivity (Wildman–Crippen MR) is 90.0 cm³/mol. The van der Waals surface area contributed by atoms with Gasteiger partial charge in [-0.2, -0.15) is 13.8 Å². The summed E-state index contributed by atoms with van der Waals surface area (Å²) in [5, 5.41) is 6.95. The number of rotatable bonds is 7. The molecule has 0 spiro atoms. The molecule has 2 aromatic heterocycles. The van der Waals surface area contributed by atoms with E-state index in [0.29, 0.717) is 31.0 Å². The average Bonchev–Trinajstić information content (AvgIpc) is 3.25. The number of aromatic nitrogens is 4. The zero-order valence-electron chi connectivity index (χ0n) is 13.2. The van der Waals surface area contributed by atoms with Gasteiger partial charge in [0.2, 0.25) is 0 Å². The first-order valence-corrected chi connectivity index (χ1v) is 8.22. The number of hydrogen-bond donors (Lipinski definition) is 1. The van der Waals surface area contributed by atoms with Gasteiger partial charge in [-0.3, -0.25) is 9.48 Å². The first kappa shape index (κ1) is 16.1. The van der Waals surface area contributed by atoms with E-state index >= 15 is 0 Å². The average molecular weight is 343 g/mol. The molecular weight excluding hydrogens is 326 g/mol. The van der Waals surface area contributed by atoms with Crippen molar-refractivity contribution in [1.29, 1.82) is 0 Å². The lowest BCUT2D eigenvalue weighted by Gasteiger charge is -2.07. The molecule has 24 heavy (non-hydrogen) atoms. The van der Waals surface area contributed by atoms with E-state index in [4.69, 9.17) is 4.74 Å². The number of carbonyl (C=O) groups excluding carboxylic acids is 1. The number of ether oxygens (including phenoxy) is 1. The Morgan fingerprint density at radius 2 is 2.12 bits per heavy atom. The first-order chi connectivity index (χ1) is 11.7. The van der Waals surface area contributed by atoms with E-state index in [1.165, 1.54) is 11.7 Å². The van der Waals surface area contributed by atoms with E-state index in [1.807, 2.05) is 19.2 Å². The standard InChI is InChI=1S/C16H17N5O2S/c1-12-15(20-24-19-12)11-23-14-5-3-13(4-6-14)16(22)17-8-10-21-9-2-7-18-21/h2-7,9H,8,10-11H2,1H3,(H,17,22). The maximum absolute atomic E-state index is 12.1. The highest BCUT2D eigenvalue weighted by atomic mass is 32.1. The molecule has 7 nitrogen and oxygen atoms in total. The van der Waals surface area contributed by atoms with Crippen molar-refractivity contribution >= 4 is 17.6 Å². The van der Waals surface area contributed by atoms with E-state index in [9.17, 15) is 4.79 Å². The SMILES string of the molecule is Cc1nsnc1COc1ccc(C(=O)NCCn2cccn2)cc1. The van der Waals surface area contributed by atoms with E-state index in [2.05, 4.69) is 19.2 Å². The van der Waals surface area contributed by atoms with Crippen molar-refractivity contribution in [3.63, 3.8) is 0 Å². The Labute approximate surface area is 143 Å². The molecule has 0 bridgehead atoms. The summed E-state index contributed by atoms with van der Waals surface area (Å²) < 4.78 is 15.7. The molecule has 0 fully saturated rings. The summed E-state index contributed by atoms with van der Waals surface area (Å²) >= 11 is 1.18. The summed E-state index contributed by atoms with van der Waals surface area (Å²) in [7, 11) is 0. The topological polar surface area (TPSA) is 81.9 Å². The fraction of sp³-hybridized carbons (Fsp3) is 0.250. The number of carbonyl (C=O) groups is 1. The van der Waals surface area contributed by atoms with Crippen LogP contribution < -0.4 is 10.1 Å².